The predicted octanol–water partition coefficient (Wildman–Crippen LogP) is 2.17. The molecule has 0 amide bonds. The summed E-state index contributed by atoms with van der Waals surface area (Å²) in [5.41, 5.74) is 0.872. The van der Waals surface area contributed by atoms with Crippen molar-refractivity contribution in [3.05, 3.63) is 29.6 Å². The highest BCUT2D eigenvalue weighted by molar-refractivity contribution is 6.00. The van der Waals surface area contributed by atoms with Crippen LogP contribution in [0.4, 0.5) is 4.39 Å². The van der Waals surface area contributed by atoms with Crippen molar-refractivity contribution in [1.29, 1.82) is 0 Å². The van der Waals surface area contributed by atoms with Crippen molar-refractivity contribution < 1.29 is 19.4 Å². The first kappa shape index (κ1) is 13.4. The first-order chi connectivity index (χ1) is 8.04. The van der Waals surface area contributed by atoms with Crippen LogP contribution in [-0.2, 0) is 0 Å². The second kappa shape index (κ2) is 6.20. The van der Waals surface area contributed by atoms with Gasteiger partial charge >= 0.3 is 0 Å². The van der Waals surface area contributed by atoms with Crippen LogP contribution in [0, 0.1) is 5.82 Å². The zero-order valence-corrected chi connectivity index (χ0v) is 9.85. The summed E-state index contributed by atoms with van der Waals surface area (Å²) in [6, 6.07) is 3.99. The number of benzene rings is 1. The van der Waals surface area contributed by atoms with E-state index in [2.05, 4.69) is 5.16 Å². The van der Waals surface area contributed by atoms with E-state index in [0.29, 0.717) is 23.4 Å². The van der Waals surface area contributed by atoms with Crippen molar-refractivity contribution in [3.8, 4) is 5.75 Å². The maximum Gasteiger partial charge on any atom is 0.131 e. The Morgan fingerprint density at radius 2 is 2.24 bits per heavy atom. The summed E-state index contributed by atoms with van der Waals surface area (Å²) in [7, 11) is 0. The summed E-state index contributed by atoms with van der Waals surface area (Å²) < 4.78 is 18.4. The molecule has 17 heavy (non-hydrogen) atoms. The Labute approximate surface area is 99.3 Å². The van der Waals surface area contributed by atoms with E-state index in [4.69, 9.17) is 15.1 Å². The van der Waals surface area contributed by atoms with Gasteiger partial charge in [-0.1, -0.05) is 5.16 Å². The maximum absolute atomic E-state index is 13.1. The van der Waals surface area contributed by atoms with Crippen LogP contribution in [-0.4, -0.2) is 28.7 Å². The Bertz CT molecular complexity index is 405. The van der Waals surface area contributed by atoms with E-state index in [1.165, 1.54) is 18.2 Å². The van der Waals surface area contributed by atoms with Crippen molar-refractivity contribution in [2.45, 2.75) is 26.4 Å². The molecular formula is C12H16FNO3. The lowest BCUT2D eigenvalue weighted by Gasteiger charge is -2.11. The molecule has 0 saturated carbocycles. The molecule has 1 aromatic rings. The molecule has 2 N–H and O–H groups in total. The molecular weight excluding hydrogens is 225 g/mol. The minimum Gasteiger partial charge on any atom is -0.493 e. The molecule has 1 atom stereocenters. The summed E-state index contributed by atoms with van der Waals surface area (Å²) in [4.78, 5) is 0. The maximum atomic E-state index is 13.1. The van der Waals surface area contributed by atoms with Gasteiger partial charge in [0, 0.05) is 18.1 Å². The third-order valence-corrected chi connectivity index (χ3v) is 2.28. The zero-order valence-electron chi connectivity index (χ0n) is 9.85. The molecule has 0 radical (unpaired) electrons. The summed E-state index contributed by atoms with van der Waals surface area (Å²) >= 11 is 0. The van der Waals surface area contributed by atoms with Gasteiger partial charge in [-0.2, -0.15) is 0 Å². The lowest BCUT2D eigenvalue weighted by Crippen LogP contribution is -2.09. The standard InChI is InChI=1S/C12H16FNO3/c1-8(15)5-6-17-12-7-10(13)3-4-11(12)9(2)14-16/h3-4,7-8,15-16H,5-6H2,1-2H3/b14-9+. The Balaban J connectivity index is 2.84. The average Bonchev–Trinajstić information content (AvgIpc) is 2.28. The first-order valence-electron chi connectivity index (χ1n) is 5.34. The smallest absolute Gasteiger partial charge is 0.131 e. The number of rotatable bonds is 5. The Morgan fingerprint density at radius 1 is 1.53 bits per heavy atom. The van der Waals surface area contributed by atoms with Crippen LogP contribution in [0.5, 0.6) is 5.75 Å². The van der Waals surface area contributed by atoms with Gasteiger partial charge in [-0.05, 0) is 26.0 Å². The van der Waals surface area contributed by atoms with E-state index >= 15 is 0 Å². The molecule has 0 saturated heterocycles. The van der Waals surface area contributed by atoms with Crippen LogP contribution in [0.3, 0.4) is 0 Å². The molecule has 1 rings (SSSR count). The molecule has 0 spiro atoms. The predicted molar refractivity (Wildman–Crippen MR) is 62.2 cm³/mol. The third kappa shape index (κ3) is 4.03. The first-order valence-corrected chi connectivity index (χ1v) is 5.34. The van der Waals surface area contributed by atoms with E-state index in [1.54, 1.807) is 13.8 Å². The number of hydrogen-bond acceptors (Lipinski definition) is 4. The van der Waals surface area contributed by atoms with Crippen LogP contribution in [0.2, 0.25) is 0 Å². The normalized spacial score (nSPS) is 13.5. The number of aliphatic hydroxyl groups is 1. The van der Waals surface area contributed by atoms with Crippen LogP contribution in [0.25, 0.3) is 0 Å². The lowest BCUT2D eigenvalue weighted by atomic mass is 10.1. The third-order valence-electron chi connectivity index (χ3n) is 2.28. The van der Waals surface area contributed by atoms with Gasteiger partial charge in [-0.3, -0.25) is 0 Å². The molecule has 0 aliphatic rings. The van der Waals surface area contributed by atoms with Gasteiger partial charge < -0.3 is 15.1 Å². The highest BCUT2D eigenvalue weighted by Gasteiger charge is 2.09. The van der Waals surface area contributed by atoms with Crippen molar-refractivity contribution in [2.75, 3.05) is 6.61 Å². The van der Waals surface area contributed by atoms with Gasteiger partial charge in [0.1, 0.15) is 11.6 Å². The SMILES string of the molecule is C/C(=N\O)c1ccc(F)cc1OCCC(C)O. The minimum atomic E-state index is -0.473. The Hall–Kier alpha value is -1.62. The number of nitrogens with zero attached hydrogens (tertiary/aromatic N) is 1. The number of oxime groups is 1. The van der Waals surface area contributed by atoms with Gasteiger partial charge in [0.2, 0.25) is 0 Å². The molecule has 0 aliphatic heterocycles. The van der Waals surface area contributed by atoms with Crippen LogP contribution < -0.4 is 4.74 Å². The average molecular weight is 241 g/mol. The highest BCUT2D eigenvalue weighted by Crippen LogP contribution is 2.21. The number of hydrogen-bond donors (Lipinski definition) is 2. The molecule has 0 aliphatic carbocycles. The second-order valence-electron chi connectivity index (χ2n) is 3.81. The Morgan fingerprint density at radius 3 is 2.82 bits per heavy atom. The summed E-state index contributed by atoms with van der Waals surface area (Å²) in [5.74, 6) is -0.118. The lowest BCUT2D eigenvalue weighted by molar-refractivity contribution is 0.155. The highest BCUT2D eigenvalue weighted by atomic mass is 19.1. The fourth-order valence-corrected chi connectivity index (χ4v) is 1.31. The van der Waals surface area contributed by atoms with Crippen LogP contribution in [0.15, 0.2) is 23.4 Å². The van der Waals surface area contributed by atoms with Gasteiger partial charge in [-0.25, -0.2) is 4.39 Å². The van der Waals surface area contributed by atoms with Gasteiger partial charge in [0.15, 0.2) is 0 Å². The van der Waals surface area contributed by atoms with Crippen molar-refractivity contribution >= 4 is 5.71 Å². The van der Waals surface area contributed by atoms with E-state index in [9.17, 15) is 4.39 Å². The van der Waals surface area contributed by atoms with Crippen molar-refractivity contribution in [1.82, 2.24) is 0 Å². The largest absolute Gasteiger partial charge is 0.493 e. The topological polar surface area (TPSA) is 62.1 Å². The summed E-state index contributed by atoms with van der Waals surface area (Å²) in [5, 5.41) is 20.8. The van der Waals surface area contributed by atoms with Crippen molar-refractivity contribution in [3.63, 3.8) is 0 Å². The number of halogens is 1. The molecule has 5 heteroatoms. The monoisotopic (exact) mass is 241 g/mol. The fraction of sp³-hybridized carbons (Fsp3) is 0.417. The van der Waals surface area contributed by atoms with Gasteiger partial charge in [-0.15, -0.1) is 0 Å². The van der Waals surface area contributed by atoms with Gasteiger partial charge in [0.25, 0.3) is 0 Å². The van der Waals surface area contributed by atoms with E-state index in [0.717, 1.165) is 0 Å². The van der Waals surface area contributed by atoms with Gasteiger partial charge in [0.05, 0.1) is 18.4 Å². The second-order valence-corrected chi connectivity index (χ2v) is 3.81. The minimum absolute atomic E-state index is 0.271. The van der Waals surface area contributed by atoms with Crippen LogP contribution >= 0.6 is 0 Å². The van der Waals surface area contributed by atoms with Crippen LogP contribution in [0.1, 0.15) is 25.8 Å². The number of ether oxygens (including phenoxy) is 1. The summed E-state index contributed by atoms with van der Waals surface area (Å²) in [6.07, 6.45) is -0.0229. The molecule has 94 valence electrons. The van der Waals surface area contributed by atoms with E-state index < -0.39 is 11.9 Å². The molecule has 0 bridgehead atoms. The molecule has 1 aromatic carbocycles. The molecule has 0 aromatic heterocycles. The van der Waals surface area contributed by atoms with E-state index in [1.807, 2.05) is 0 Å². The van der Waals surface area contributed by atoms with E-state index in [-0.39, 0.29) is 6.61 Å². The molecule has 1 unspecified atom stereocenters. The molecule has 0 fully saturated rings. The van der Waals surface area contributed by atoms with Crippen molar-refractivity contribution in [2.24, 2.45) is 5.16 Å². The summed E-state index contributed by atoms with van der Waals surface area (Å²) in [6.45, 7) is 3.51. The molecule has 0 heterocycles. The fourth-order valence-electron chi connectivity index (χ4n) is 1.31. The Kier molecular flexibility index (Phi) is 4.90. The zero-order chi connectivity index (χ0) is 12.8. The molecule has 4 nitrogen and oxygen atoms in total. The quantitative estimate of drug-likeness (QED) is 0.472. The number of aliphatic hydroxyl groups excluding tert-OH is 1.